The zero-order valence-electron chi connectivity index (χ0n) is 12.5. The molecule has 2 atom stereocenters. The normalized spacial score (nSPS) is 14.5. The Balaban J connectivity index is 2.71. The molecule has 0 radical (unpaired) electrons. The maximum atomic E-state index is 9.63. The molecule has 0 aliphatic heterocycles. The Hall–Kier alpha value is -1.06. The van der Waals surface area contributed by atoms with Crippen LogP contribution in [0.5, 0.6) is 5.75 Å². The maximum absolute atomic E-state index is 9.63. The van der Waals surface area contributed by atoms with Crippen LogP contribution in [0.4, 0.5) is 0 Å². The van der Waals surface area contributed by atoms with Gasteiger partial charge in [0.1, 0.15) is 5.75 Å². The van der Waals surface area contributed by atoms with Crippen LogP contribution in [0, 0.1) is 12.8 Å². The standard InChI is InChI=1S/C16H27NO2/c1-11(2)10-19-15-5-6-16(13(4)8-15)12(3)7-14(18)9-17/h5-6,8,11-12,14,18H,7,9-10,17H2,1-4H3. The van der Waals surface area contributed by atoms with E-state index in [0.717, 1.165) is 12.4 Å². The van der Waals surface area contributed by atoms with Crippen LogP contribution in [-0.4, -0.2) is 24.4 Å². The van der Waals surface area contributed by atoms with E-state index < -0.39 is 6.10 Å². The Morgan fingerprint density at radius 2 is 1.95 bits per heavy atom. The molecule has 1 rings (SSSR count). The number of hydrogen-bond donors (Lipinski definition) is 2. The van der Waals surface area contributed by atoms with Crippen molar-refractivity contribution in [1.82, 2.24) is 0 Å². The summed E-state index contributed by atoms with van der Waals surface area (Å²) in [5.41, 5.74) is 7.92. The topological polar surface area (TPSA) is 55.5 Å². The fourth-order valence-electron chi connectivity index (χ4n) is 2.19. The molecule has 3 nitrogen and oxygen atoms in total. The number of benzene rings is 1. The van der Waals surface area contributed by atoms with Crippen LogP contribution in [-0.2, 0) is 0 Å². The fraction of sp³-hybridized carbons (Fsp3) is 0.625. The van der Waals surface area contributed by atoms with Gasteiger partial charge in [-0.05, 0) is 48.4 Å². The lowest BCUT2D eigenvalue weighted by molar-refractivity contribution is 0.165. The van der Waals surface area contributed by atoms with Crippen LogP contribution in [0.1, 0.15) is 44.2 Å². The van der Waals surface area contributed by atoms with E-state index in [1.165, 1.54) is 11.1 Å². The van der Waals surface area contributed by atoms with Crippen molar-refractivity contribution in [2.75, 3.05) is 13.2 Å². The second kappa shape index (κ2) is 7.51. The Morgan fingerprint density at radius 3 is 2.47 bits per heavy atom. The van der Waals surface area contributed by atoms with Crippen molar-refractivity contribution in [3.8, 4) is 5.75 Å². The van der Waals surface area contributed by atoms with E-state index in [9.17, 15) is 5.11 Å². The molecule has 1 aromatic rings. The lowest BCUT2D eigenvalue weighted by Crippen LogP contribution is -2.21. The highest BCUT2D eigenvalue weighted by molar-refractivity contribution is 5.36. The van der Waals surface area contributed by atoms with Gasteiger partial charge in [0.15, 0.2) is 0 Å². The second-order valence-corrected chi connectivity index (χ2v) is 5.75. The van der Waals surface area contributed by atoms with E-state index in [4.69, 9.17) is 10.5 Å². The summed E-state index contributed by atoms with van der Waals surface area (Å²) in [6.07, 6.45) is 0.273. The third-order valence-electron chi connectivity index (χ3n) is 3.25. The first-order chi connectivity index (χ1) is 8.93. The summed E-state index contributed by atoms with van der Waals surface area (Å²) in [6, 6.07) is 6.18. The summed E-state index contributed by atoms with van der Waals surface area (Å²) >= 11 is 0. The molecule has 0 spiro atoms. The van der Waals surface area contributed by atoms with Crippen molar-refractivity contribution in [2.45, 2.75) is 46.1 Å². The molecule has 0 aliphatic carbocycles. The highest BCUT2D eigenvalue weighted by Crippen LogP contribution is 2.27. The van der Waals surface area contributed by atoms with Gasteiger partial charge < -0.3 is 15.6 Å². The van der Waals surface area contributed by atoms with Crippen molar-refractivity contribution < 1.29 is 9.84 Å². The average molecular weight is 265 g/mol. The monoisotopic (exact) mass is 265 g/mol. The first kappa shape index (κ1) is 16.0. The molecule has 2 unspecified atom stereocenters. The quantitative estimate of drug-likeness (QED) is 0.797. The second-order valence-electron chi connectivity index (χ2n) is 5.75. The van der Waals surface area contributed by atoms with Gasteiger partial charge in [-0.1, -0.05) is 26.8 Å². The number of hydrogen-bond acceptors (Lipinski definition) is 3. The van der Waals surface area contributed by atoms with Crippen molar-refractivity contribution in [2.24, 2.45) is 11.7 Å². The largest absolute Gasteiger partial charge is 0.493 e. The van der Waals surface area contributed by atoms with E-state index in [0.29, 0.717) is 24.8 Å². The molecule has 0 heterocycles. The van der Waals surface area contributed by atoms with Gasteiger partial charge in [-0.3, -0.25) is 0 Å². The lowest BCUT2D eigenvalue weighted by Gasteiger charge is -2.18. The molecule has 0 amide bonds. The van der Waals surface area contributed by atoms with Crippen LogP contribution < -0.4 is 10.5 Å². The van der Waals surface area contributed by atoms with E-state index in [1.807, 2.05) is 6.07 Å². The first-order valence-electron chi connectivity index (χ1n) is 7.05. The molecule has 0 aromatic heterocycles. The summed E-state index contributed by atoms with van der Waals surface area (Å²) in [5.74, 6) is 1.75. The predicted octanol–water partition coefficient (Wildman–Crippen LogP) is 2.84. The summed E-state index contributed by atoms with van der Waals surface area (Å²) in [5, 5.41) is 9.63. The number of ether oxygens (including phenoxy) is 1. The van der Waals surface area contributed by atoms with Crippen LogP contribution in [0.3, 0.4) is 0 Å². The third kappa shape index (κ3) is 5.21. The van der Waals surface area contributed by atoms with Crippen molar-refractivity contribution >= 4 is 0 Å². The van der Waals surface area contributed by atoms with Crippen LogP contribution in [0.25, 0.3) is 0 Å². The zero-order valence-corrected chi connectivity index (χ0v) is 12.5. The van der Waals surface area contributed by atoms with Gasteiger partial charge in [-0.15, -0.1) is 0 Å². The summed E-state index contributed by atoms with van der Waals surface area (Å²) in [7, 11) is 0. The predicted molar refractivity (Wildman–Crippen MR) is 79.6 cm³/mol. The van der Waals surface area contributed by atoms with E-state index in [-0.39, 0.29) is 0 Å². The molecule has 0 saturated heterocycles. The Morgan fingerprint density at radius 1 is 1.26 bits per heavy atom. The summed E-state index contributed by atoms with van der Waals surface area (Å²) in [6.45, 7) is 9.53. The van der Waals surface area contributed by atoms with E-state index in [2.05, 4.69) is 39.8 Å². The van der Waals surface area contributed by atoms with Gasteiger partial charge in [0.2, 0.25) is 0 Å². The lowest BCUT2D eigenvalue weighted by atomic mass is 9.91. The number of nitrogens with two attached hydrogens (primary N) is 1. The minimum absolute atomic E-state index is 0.303. The van der Waals surface area contributed by atoms with Crippen LogP contribution >= 0.6 is 0 Å². The van der Waals surface area contributed by atoms with Gasteiger partial charge in [-0.2, -0.15) is 0 Å². The minimum Gasteiger partial charge on any atom is -0.493 e. The van der Waals surface area contributed by atoms with Gasteiger partial charge in [0.05, 0.1) is 12.7 Å². The third-order valence-corrected chi connectivity index (χ3v) is 3.25. The molecule has 19 heavy (non-hydrogen) atoms. The van der Waals surface area contributed by atoms with Gasteiger partial charge in [0, 0.05) is 6.54 Å². The van der Waals surface area contributed by atoms with Crippen LogP contribution in [0.2, 0.25) is 0 Å². The van der Waals surface area contributed by atoms with Crippen molar-refractivity contribution in [3.05, 3.63) is 29.3 Å². The van der Waals surface area contributed by atoms with Crippen LogP contribution in [0.15, 0.2) is 18.2 Å². The smallest absolute Gasteiger partial charge is 0.119 e. The van der Waals surface area contributed by atoms with Crippen molar-refractivity contribution in [3.63, 3.8) is 0 Å². The minimum atomic E-state index is -0.425. The molecule has 3 heteroatoms. The molecule has 0 aliphatic rings. The average Bonchev–Trinajstić information content (AvgIpc) is 2.35. The highest BCUT2D eigenvalue weighted by atomic mass is 16.5. The Kier molecular flexibility index (Phi) is 6.32. The number of aliphatic hydroxyl groups excluding tert-OH is 1. The maximum Gasteiger partial charge on any atom is 0.119 e. The molecular formula is C16H27NO2. The van der Waals surface area contributed by atoms with Gasteiger partial charge in [-0.25, -0.2) is 0 Å². The SMILES string of the molecule is Cc1cc(OCC(C)C)ccc1C(C)CC(O)CN. The van der Waals surface area contributed by atoms with Crippen molar-refractivity contribution in [1.29, 1.82) is 0 Å². The Bertz CT molecular complexity index is 390. The summed E-state index contributed by atoms with van der Waals surface area (Å²) < 4.78 is 5.72. The molecule has 0 fully saturated rings. The zero-order chi connectivity index (χ0) is 14.4. The molecule has 108 valence electrons. The molecular weight excluding hydrogens is 238 g/mol. The molecule has 1 aromatic carbocycles. The molecule has 0 saturated carbocycles. The molecule has 3 N–H and O–H groups in total. The fourth-order valence-corrected chi connectivity index (χ4v) is 2.19. The Labute approximate surface area is 116 Å². The number of rotatable bonds is 7. The van der Waals surface area contributed by atoms with E-state index >= 15 is 0 Å². The van der Waals surface area contributed by atoms with Gasteiger partial charge in [0.25, 0.3) is 0 Å². The number of aryl methyl sites for hydroxylation is 1. The first-order valence-corrected chi connectivity index (χ1v) is 7.05. The molecule has 0 bridgehead atoms. The number of aliphatic hydroxyl groups is 1. The van der Waals surface area contributed by atoms with E-state index in [1.54, 1.807) is 0 Å². The van der Waals surface area contributed by atoms with Gasteiger partial charge >= 0.3 is 0 Å². The summed E-state index contributed by atoms with van der Waals surface area (Å²) in [4.78, 5) is 0. The highest BCUT2D eigenvalue weighted by Gasteiger charge is 2.13.